The zero-order valence-electron chi connectivity index (χ0n) is 7.49. The Bertz CT molecular complexity index is 410. The summed E-state index contributed by atoms with van der Waals surface area (Å²) in [6.07, 6.45) is 0. The first-order chi connectivity index (χ1) is 6.91. The van der Waals surface area contributed by atoms with Crippen LogP contribution in [0.4, 0.5) is 14.5 Å². The fourth-order valence-corrected chi connectivity index (χ4v) is 0.942. The summed E-state index contributed by atoms with van der Waals surface area (Å²) in [5, 5.41) is 10.2. The predicted octanol–water partition coefficient (Wildman–Crippen LogP) is 1.80. The molecule has 1 aromatic carbocycles. The van der Waals surface area contributed by atoms with Crippen LogP contribution in [0.3, 0.4) is 0 Å². The third-order valence-corrected chi connectivity index (χ3v) is 1.43. The molecule has 0 heterocycles. The first-order valence-electron chi connectivity index (χ1n) is 3.73. The lowest BCUT2D eigenvalue weighted by molar-refractivity contribution is -0.390. The summed E-state index contributed by atoms with van der Waals surface area (Å²) in [5.41, 5.74) is -1.27. The molecule has 0 aliphatic carbocycles. The number of carbonyl (C=O) groups excluding carboxylic acids is 1. The van der Waals surface area contributed by atoms with Gasteiger partial charge in [0.2, 0.25) is 11.6 Å². The highest BCUT2D eigenvalue weighted by molar-refractivity contribution is 5.69. The molecule has 0 fully saturated rings. The van der Waals surface area contributed by atoms with Crippen LogP contribution in [0, 0.1) is 21.7 Å². The van der Waals surface area contributed by atoms with Gasteiger partial charge in [-0.25, -0.2) is 0 Å². The molecule has 80 valence electrons. The predicted molar refractivity (Wildman–Crippen MR) is 44.3 cm³/mol. The normalized spacial score (nSPS) is 9.80. The van der Waals surface area contributed by atoms with E-state index in [-0.39, 0.29) is 0 Å². The molecule has 0 aliphatic rings. The van der Waals surface area contributed by atoms with Crippen LogP contribution in [0.5, 0.6) is 5.75 Å². The second-order valence-corrected chi connectivity index (χ2v) is 2.59. The van der Waals surface area contributed by atoms with Crippen molar-refractivity contribution < 1.29 is 23.2 Å². The molecule has 0 saturated carbocycles. The number of esters is 1. The molecule has 0 aliphatic heterocycles. The maximum Gasteiger partial charge on any atom is 0.340 e. The fourth-order valence-electron chi connectivity index (χ4n) is 0.942. The first kappa shape index (κ1) is 11.0. The van der Waals surface area contributed by atoms with E-state index in [0.717, 1.165) is 6.92 Å². The summed E-state index contributed by atoms with van der Waals surface area (Å²) < 4.78 is 30.2. The van der Waals surface area contributed by atoms with Gasteiger partial charge in [0, 0.05) is 19.1 Å². The molecule has 0 atom stereocenters. The molecule has 7 heteroatoms. The van der Waals surface area contributed by atoms with Crippen LogP contribution < -0.4 is 4.74 Å². The Kier molecular flexibility index (Phi) is 2.93. The van der Waals surface area contributed by atoms with E-state index in [1.165, 1.54) is 0 Å². The quantitative estimate of drug-likeness (QED) is 0.328. The van der Waals surface area contributed by atoms with Crippen LogP contribution in [0.15, 0.2) is 12.1 Å². The number of nitro benzene ring substituents is 1. The Morgan fingerprint density at radius 1 is 1.40 bits per heavy atom. The van der Waals surface area contributed by atoms with E-state index in [1.807, 2.05) is 0 Å². The molecule has 1 aromatic rings. The molecule has 5 nitrogen and oxygen atoms in total. The molecule has 1 rings (SSSR count). The molecule has 0 unspecified atom stereocenters. The lowest BCUT2D eigenvalue weighted by Crippen LogP contribution is -2.04. The summed E-state index contributed by atoms with van der Waals surface area (Å²) in [4.78, 5) is 19.5. The zero-order valence-corrected chi connectivity index (χ0v) is 7.49. The molecule has 0 aromatic heterocycles. The molecule has 0 spiro atoms. The number of halogens is 2. The SMILES string of the molecule is CC(=O)Oc1cc(F)c([N+](=O)[O-])c(F)c1. The number of hydrogen-bond acceptors (Lipinski definition) is 4. The Morgan fingerprint density at radius 3 is 2.20 bits per heavy atom. The number of rotatable bonds is 2. The van der Waals surface area contributed by atoms with E-state index in [4.69, 9.17) is 0 Å². The Labute approximate surface area is 82.4 Å². The van der Waals surface area contributed by atoms with Gasteiger partial charge in [0.1, 0.15) is 5.75 Å². The second-order valence-electron chi connectivity index (χ2n) is 2.59. The second kappa shape index (κ2) is 3.99. The van der Waals surface area contributed by atoms with Crippen molar-refractivity contribution in [3.8, 4) is 5.75 Å². The summed E-state index contributed by atoms with van der Waals surface area (Å²) in [5.74, 6) is -3.97. The van der Waals surface area contributed by atoms with Crippen molar-refractivity contribution in [2.24, 2.45) is 0 Å². The highest BCUT2D eigenvalue weighted by Crippen LogP contribution is 2.26. The van der Waals surface area contributed by atoms with Crippen LogP contribution >= 0.6 is 0 Å². The molecular weight excluding hydrogens is 212 g/mol. The van der Waals surface area contributed by atoms with E-state index >= 15 is 0 Å². The number of nitro groups is 1. The van der Waals surface area contributed by atoms with Crippen LogP contribution in [-0.2, 0) is 4.79 Å². The van der Waals surface area contributed by atoms with Crippen LogP contribution in [0.2, 0.25) is 0 Å². The van der Waals surface area contributed by atoms with E-state index in [2.05, 4.69) is 4.74 Å². The van der Waals surface area contributed by atoms with Gasteiger partial charge in [0.25, 0.3) is 0 Å². The highest BCUT2D eigenvalue weighted by Gasteiger charge is 2.22. The smallest absolute Gasteiger partial charge is 0.340 e. The van der Waals surface area contributed by atoms with Gasteiger partial charge in [-0.15, -0.1) is 0 Å². The molecule has 0 radical (unpaired) electrons. The number of nitrogens with zero attached hydrogens (tertiary/aromatic N) is 1. The van der Waals surface area contributed by atoms with Gasteiger partial charge in [-0.05, 0) is 0 Å². The standard InChI is InChI=1S/C8H5F2NO4/c1-4(12)15-5-2-6(9)8(11(13)14)7(10)3-5/h2-3H,1H3. The van der Waals surface area contributed by atoms with Gasteiger partial charge >= 0.3 is 11.7 Å². The van der Waals surface area contributed by atoms with Crippen LogP contribution in [0.1, 0.15) is 6.92 Å². The molecule has 0 saturated heterocycles. The van der Waals surface area contributed by atoms with Gasteiger partial charge in [0.05, 0.1) is 4.92 Å². The average Bonchev–Trinajstić information content (AvgIpc) is 1.99. The van der Waals surface area contributed by atoms with Crippen molar-refractivity contribution in [3.05, 3.63) is 33.9 Å². The number of ether oxygens (including phenoxy) is 1. The lowest BCUT2D eigenvalue weighted by Gasteiger charge is -2.01. The third-order valence-electron chi connectivity index (χ3n) is 1.43. The Balaban J connectivity index is 3.19. The zero-order chi connectivity index (χ0) is 11.6. The number of carbonyl (C=O) groups is 1. The van der Waals surface area contributed by atoms with Crippen molar-refractivity contribution in [3.63, 3.8) is 0 Å². The van der Waals surface area contributed by atoms with E-state index < -0.39 is 34.0 Å². The number of hydrogen-bond donors (Lipinski definition) is 0. The third kappa shape index (κ3) is 2.46. The number of benzene rings is 1. The maximum atomic E-state index is 12.9. The van der Waals surface area contributed by atoms with Crippen molar-refractivity contribution in [2.45, 2.75) is 6.92 Å². The molecule has 0 N–H and O–H groups in total. The first-order valence-corrected chi connectivity index (χ1v) is 3.73. The topological polar surface area (TPSA) is 69.4 Å². The summed E-state index contributed by atoms with van der Waals surface area (Å²) in [6, 6.07) is 1.14. The average molecular weight is 217 g/mol. The van der Waals surface area contributed by atoms with Crippen LogP contribution in [-0.4, -0.2) is 10.9 Å². The van der Waals surface area contributed by atoms with E-state index in [9.17, 15) is 23.7 Å². The minimum atomic E-state index is -1.39. The van der Waals surface area contributed by atoms with Gasteiger partial charge in [-0.1, -0.05) is 0 Å². The van der Waals surface area contributed by atoms with E-state index in [1.54, 1.807) is 0 Å². The largest absolute Gasteiger partial charge is 0.427 e. The van der Waals surface area contributed by atoms with Crippen LogP contribution in [0.25, 0.3) is 0 Å². The highest BCUT2D eigenvalue weighted by atomic mass is 19.1. The molecule has 15 heavy (non-hydrogen) atoms. The molecule has 0 amide bonds. The molecule has 0 bridgehead atoms. The van der Waals surface area contributed by atoms with E-state index in [0.29, 0.717) is 12.1 Å². The van der Waals surface area contributed by atoms with Crippen molar-refractivity contribution in [1.82, 2.24) is 0 Å². The van der Waals surface area contributed by atoms with Crippen molar-refractivity contribution in [2.75, 3.05) is 0 Å². The Hall–Kier alpha value is -2.05. The van der Waals surface area contributed by atoms with Gasteiger partial charge in [-0.3, -0.25) is 14.9 Å². The van der Waals surface area contributed by atoms with Gasteiger partial charge in [0.15, 0.2) is 0 Å². The minimum Gasteiger partial charge on any atom is -0.427 e. The Morgan fingerprint density at radius 2 is 1.87 bits per heavy atom. The lowest BCUT2D eigenvalue weighted by atomic mass is 10.3. The summed E-state index contributed by atoms with van der Waals surface area (Å²) in [7, 11) is 0. The summed E-state index contributed by atoms with van der Waals surface area (Å²) in [6.45, 7) is 1.04. The monoisotopic (exact) mass is 217 g/mol. The van der Waals surface area contributed by atoms with Crippen molar-refractivity contribution in [1.29, 1.82) is 0 Å². The van der Waals surface area contributed by atoms with Gasteiger partial charge in [-0.2, -0.15) is 8.78 Å². The van der Waals surface area contributed by atoms with Gasteiger partial charge < -0.3 is 4.74 Å². The van der Waals surface area contributed by atoms with Crippen molar-refractivity contribution >= 4 is 11.7 Å². The minimum absolute atomic E-state index is 0.414. The fraction of sp³-hybridized carbons (Fsp3) is 0.125. The molecular formula is C8H5F2NO4. The summed E-state index contributed by atoms with van der Waals surface area (Å²) >= 11 is 0. The maximum absolute atomic E-state index is 12.9.